The normalized spacial score (nSPS) is 12.1. The number of hydrogen-bond acceptors (Lipinski definition) is 7. The van der Waals surface area contributed by atoms with Crippen LogP contribution in [0.4, 0.5) is 23.1 Å². The van der Waals surface area contributed by atoms with Gasteiger partial charge in [-0.1, -0.05) is 26.8 Å². The predicted octanol–water partition coefficient (Wildman–Crippen LogP) is 2.93. The zero-order chi connectivity index (χ0) is 19.7. The summed E-state index contributed by atoms with van der Waals surface area (Å²) in [5, 5.41) is 6.42. The van der Waals surface area contributed by atoms with E-state index in [9.17, 15) is 8.42 Å². The number of hydrogen-bond donors (Lipinski definition) is 4. The zero-order valence-electron chi connectivity index (χ0n) is 15.7. The van der Waals surface area contributed by atoms with E-state index in [4.69, 9.17) is 0 Å². The molecule has 0 saturated carbocycles. The Hall–Kier alpha value is -2.88. The molecule has 2 aromatic heterocycles. The summed E-state index contributed by atoms with van der Waals surface area (Å²) in [5.74, 6) is 1.00. The van der Waals surface area contributed by atoms with Gasteiger partial charge in [0.05, 0.1) is 18.3 Å². The van der Waals surface area contributed by atoms with E-state index in [-0.39, 0.29) is 5.41 Å². The predicted molar refractivity (Wildman–Crippen MR) is 108 cm³/mol. The summed E-state index contributed by atoms with van der Waals surface area (Å²) in [4.78, 5) is 16.2. The van der Waals surface area contributed by atoms with Crippen LogP contribution in [0.15, 0.2) is 30.6 Å². The Morgan fingerprint density at radius 3 is 2.59 bits per heavy atom. The van der Waals surface area contributed by atoms with E-state index in [0.717, 1.165) is 12.8 Å². The molecule has 0 unspecified atom stereocenters. The number of aromatic nitrogens is 4. The number of aromatic amines is 1. The van der Waals surface area contributed by atoms with Crippen molar-refractivity contribution < 1.29 is 8.42 Å². The summed E-state index contributed by atoms with van der Waals surface area (Å²) in [6.07, 6.45) is 2.68. The number of imidazole rings is 1. The van der Waals surface area contributed by atoms with E-state index in [1.807, 2.05) is 0 Å². The number of sulfonamides is 1. The molecule has 0 fully saturated rings. The summed E-state index contributed by atoms with van der Waals surface area (Å²) in [7, 11) is -3.35. The average Bonchev–Trinajstić information content (AvgIpc) is 2.99. The summed E-state index contributed by atoms with van der Waals surface area (Å²) in [6, 6.07) is 6.88. The highest BCUT2D eigenvalue weighted by Crippen LogP contribution is 2.24. The van der Waals surface area contributed by atoms with Crippen molar-refractivity contribution in [2.75, 3.05) is 28.2 Å². The molecule has 1 aromatic carbocycles. The van der Waals surface area contributed by atoms with Crippen molar-refractivity contribution in [3.05, 3.63) is 30.6 Å². The molecule has 0 aliphatic rings. The van der Waals surface area contributed by atoms with Gasteiger partial charge in [-0.05, 0) is 23.6 Å². The van der Waals surface area contributed by atoms with Gasteiger partial charge in [0.25, 0.3) is 0 Å². The van der Waals surface area contributed by atoms with Crippen molar-refractivity contribution in [1.29, 1.82) is 0 Å². The lowest BCUT2D eigenvalue weighted by molar-refractivity contribution is 0.442. The second kappa shape index (κ2) is 7.03. The zero-order valence-corrected chi connectivity index (χ0v) is 16.5. The molecule has 27 heavy (non-hydrogen) atoms. The highest BCUT2D eigenvalue weighted by Gasteiger charge is 2.14. The standard InChI is InChI=1S/C17H23N7O2S/c1-17(2,3)9-18-14-13-15(20-10-19-13)23-16(22-14)21-11-6-5-7-12(8-11)24-27(4,25)26/h5-8,10,24H,9H2,1-4H3,(H3,18,19,20,21,22,23). The molecule has 0 spiro atoms. The SMILES string of the molecule is CC(C)(C)CNc1nc(Nc2cccc(NS(C)(=O)=O)c2)nc2[nH]cnc12. The van der Waals surface area contributed by atoms with Crippen LogP contribution in [0.3, 0.4) is 0 Å². The van der Waals surface area contributed by atoms with Crippen molar-refractivity contribution in [2.24, 2.45) is 5.41 Å². The van der Waals surface area contributed by atoms with Gasteiger partial charge in [0, 0.05) is 12.2 Å². The number of nitrogens with one attached hydrogen (secondary N) is 4. The highest BCUT2D eigenvalue weighted by molar-refractivity contribution is 7.92. The molecule has 0 radical (unpaired) electrons. The molecule has 0 bridgehead atoms. The number of rotatable bonds is 6. The Morgan fingerprint density at radius 2 is 1.89 bits per heavy atom. The lowest BCUT2D eigenvalue weighted by Gasteiger charge is -2.19. The molecule has 4 N–H and O–H groups in total. The minimum absolute atomic E-state index is 0.0762. The Morgan fingerprint density at radius 1 is 1.15 bits per heavy atom. The Labute approximate surface area is 158 Å². The number of nitrogens with zero attached hydrogens (tertiary/aromatic N) is 3. The number of anilines is 4. The molecule has 0 amide bonds. The fourth-order valence-corrected chi connectivity index (χ4v) is 2.92. The van der Waals surface area contributed by atoms with E-state index < -0.39 is 10.0 Å². The summed E-state index contributed by atoms with van der Waals surface area (Å²) >= 11 is 0. The van der Waals surface area contributed by atoms with Crippen LogP contribution < -0.4 is 15.4 Å². The van der Waals surface area contributed by atoms with E-state index in [0.29, 0.717) is 34.3 Å². The monoisotopic (exact) mass is 389 g/mol. The quantitative estimate of drug-likeness (QED) is 0.511. The summed E-state index contributed by atoms with van der Waals surface area (Å²) in [6.45, 7) is 7.10. The van der Waals surface area contributed by atoms with E-state index in [2.05, 4.69) is 56.1 Å². The lowest BCUT2D eigenvalue weighted by atomic mass is 9.97. The topological polar surface area (TPSA) is 125 Å². The van der Waals surface area contributed by atoms with Gasteiger partial charge in [0.15, 0.2) is 11.5 Å². The molecular formula is C17H23N7O2S. The van der Waals surface area contributed by atoms with E-state index in [1.165, 1.54) is 0 Å². The maximum absolute atomic E-state index is 11.4. The van der Waals surface area contributed by atoms with Crippen molar-refractivity contribution in [3.63, 3.8) is 0 Å². The van der Waals surface area contributed by atoms with Crippen LogP contribution in [0.5, 0.6) is 0 Å². The number of benzene rings is 1. The smallest absolute Gasteiger partial charge is 0.231 e. The molecule has 0 aliphatic heterocycles. The molecule has 144 valence electrons. The van der Waals surface area contributed by atoms with Crippen LogP contribution in [-0.4, -0.2) is 41.2 Å². The third-order valence-corrected chi connectivity index (χ3v) is 4.09. The first-order chi connectivity index (χ1) is 12.6. The van der Waals surface area contributed by atoms with Gasteiger partial charge in [0.2, 0.25) is 16.0 Å². The molecule has 0 saturated heterocycles. The second-order valence-electron chi connectivity index (χ2n) is 7.49. The fourth-order valence-electron chi connectivity index (χ4n) is 2.37. The third-order valence-electron chi connectivity index (χ3n) is 3.49. The van der Waals surface area contributed by atoms with Gasteiger partial charge in [-0.2, -0.15) is 9.97 Å². The Kier molecular flexibility index (Phi) is 4.92. The molecular weight excluding hydrogens is 366 g/mol. The van der Waals surface area contributed by atoms with Crippen LogP contribution >= 0.6 is 0 Å². The van der Waals surface area contributed by atoms with E-state index >= 15 is 0 Å². The lowest BCUT2D eigenvalue weighted by Crippen LogP contribution is -2.20. The largest absolute Gasteiger partial charge is 0.368 e. The van der Waals surface area contributed by atoms with Gasteiger partial charge in [-0.15, -0.1) is 0 Å². The maximum Gasteiger partial charge on any atom is 0.231 e. The molecule has 2 heterocycles. The second-order valence-corrected chi connectivity index (χ2v) is 9.24. The van der Waals surface area contributed by atoms with Gasteiger partial charge in [-0.25, -0.2) is 13.4 Å². The highest BCUT2D eigenvalue weighted by atomic mass is 32.2. The van der Waals surface area contributed by atoms with Crippen LogP contribution in [0.25, 0.3) is 11.2 Å². The van der Waals surface area contributed by atoms with Crippen LogP contribution in [0, 0.1) is 5.41 Å². The van der Waals surface area contributed by atoms with E-state index in [1.54, 1.807) is 30.6 Å². The number of H-pyrrole nitrogens is 1. The first-order valence-corrected chi connectivity index (χ1v) is 10.3. The van der Waals surface area contributed by atoms with Crippen molar-refractivity contribution in [2.45, 2.75) is 20.8 Å². The Bertz CT molecular complexity index is 1050. The molecule has 10 heteroatoms. The summed E-state index contributed by atoms with van der Waals surface area (Å²) < 4.78 is 25.3. The molecule has 3 rings (SSSR count). The molecule has 3 aromatic rings. The molecule has 0 atom stereocenters. The third kappa shape index (κ3) is 5.30. The van der Waals surface area contributed by atoms with Crippen molar-refractivity contribution in [1.82, 2.24) is 19.9 Å². The van der Waals surface area contributed by atoms with Gasteiger partial charge in [-0.3, -0.25) is 4.72 Å². The first kappa shape index (κ1) is 18.9. The van der Waals surface area contributed by atoms with Crippen LogP contribution in [-0.2, 0) is 10.0 Å². The van der Waals surface area contributed by atoms with Crippen LogP contribution in [0.1, 0.15) is 20.8 Å². The maximum atomic E-state index is 11.4. The first-order valence-electron chi connectivity index (χ1n) is 8.39. The van der Waals surface area contributed by atoms with Crippen LogP contribution in [0.2, 0.25) is 0 Å². The van der Waals surface area contributed by atoms with Crippen molar-refractivity contribution >= 4 is 44.3 Å². The minimum Gasteiger partial charge on any atom is -0.368 e. The Balaban J connectivity index is 1.88. The van der Waals surface area contributed by atoms with Gasteiger partial charge in [0.1, 0.15) is 5.52 Å². The molecule has 0 aliphatic carbocycles. The van der Waals surface area contributed by atoms with Gasteiger partial charge < -0.3 is 15.6 Å². The fraction of sp³-hybridized carbons (Fsp3) is 0.353. The summed E-state index contributed by atoms with van der Waals surface area (Å²) in [5.41, 5.74) is 2.46. The molecule has 9 nitrogen and oxygen atoms in total. The number of fused-ring (bicyclic) bond motifs is 1. The minimum atomic E-state index is -3.35. The van der Waals surface area contributed by atoms with Crippen molar-refractivity contribution in [3.8, 4) is 0 Å². The van der Waals surface area contributed by atoms with Gasteiger partial charge >= 0.3 is 0 Å². The average molecular weight is 389 g/mol.